The summed E-state index contributed by atoms with van der Waals surface area (Å²) in [6, 6.07) is 2.09. The van der Waals surface area contributed by atoms with Crippen molar-refractivity contribution >= 4 is 11.3 Å². The van der Waals surface area contributed by atoms with Crippen molar-refractivity contribution in [3.63, 3.8) is 0 Å². The maximum atomic E-state index is 4.62. The predicted octanol–water partition coefficient (Wildman–Crippen LogP) is 2.24. The van der Waals surface area contributed by atoms with Gasteiger partial charge in [-0.25, -0.2) is 4.98 Å². The number of aromatic nitrogens is 2. The summed E-state index contributed by atoms with van der Waals surface area (Å²) < 4.78 is 0. The molecule has 2 rings (SSSR count). The lowest BCUT2D eigenvalue weighted by Gasteiger charge is -2.06. The van der Waals surface area contributed by atoms with E-state index in [-0.39, 0.29) is 0 Å². The first kappa shape index (κ1) is 15.1. The Morgan fingerprint density at radius 3 is 2.95 bits per heavy atom. The van der Waals surface area contributed by atoms with Gasteiger partial charge in [-0.1, -0.05) is 0 Å². The van der Waals surface area contributed by atoms with Crippen molar-refractivity contribution < 1.29 is 0 Å². The van der Waals surface area contributed by atoms with Gasteiger partial charge < -0.3 is 10.2 Å². The summed E-state index contributed by atoms with van der Waals surface area (Å²) in [5.41, 5.74) is 3.76. The fourth-order valence-corrected chi connectivity index (χ4v) is 2.91. The van der Waals surface area contributed by atoms with Gasteiger partial charge in [0.25, 0.3) is 0 Å². The summed E-state index contributed by atoms with van der Waals surface area (Å²) in [4.78, 5) is 10.9. The molecule has 0 aliphatic rings. The molecule has 1 N–H and O–H groups in total. The molecule has 20 heavy (non-hydrogen) atoms. The highest BCUT2D eigenvalue weighted by atomic mass is 32.1. The number of aryl methyl sites for hydroxylation is 1. The van der Waals surface area contributed by atoms with Crippen LogP contribution in [0, 0.1) is 6.92 Å². The maximum Gasteiger partial charge on any atom is 0.107 e. The molecule has 2 heterocycles. The van der Waals surface area contributed by atoms with Gasteiger partial charge in [0.05, 0.1) is 5.69 Å². The minimum Gasteiger partial charge on any atom is -0.311 e. The van der Waals surface area contributed by atoms with Crippen molar-refractivity contribution in [3.05, 3.63) is 45.7 Å². The molecule has 5 heteroatoms. The van der Waals surface area contributed by atoms with Gasteiger partial charge in [0.1, 0.15) is 5.01 Å². The number of hydrogen-bond acceptors (Lipinski definition) is 5. The summed E-state index contributed by atoms with van der Waals surface area (Å²) in [5, 5.41) is 6.77. The largest absolute Gasteiger partial charge is 0.311 e. The summed E-state index contributed by atoms with van der Waals surface area (Å²) in [5.74, 6) is 0. The molecular weight excluding hydrogens is 268 g/mol. The summed E-state index contributed by atoms with van der Waals surface area (Å²) in [7, 11) is 4.13. The van der Waals surface area contributed by atoms with Crippen molar-refractivity contribution in [2.75, 3.05) is 20.6 Å². The second kappa shape index (κ2) is 7.47. The molecule has 0 bridgehead atoms. The molecule has 0 spiro atoms. The fourth-order valence-electron chi connectivity index (χ4n) is 2.00. The number of pyridine rings is 1. The van der Waals surface area contributed by atoms with Gasteiger partial charge >= 0.3 is 0 Å². The van der Waals surface area contributed by atoms with Crippen molar-refractivity contribution in [1.82, 2.24) is 20.2 Å². The van der Waals surface area contributed by atoms with Crippen molar-refractivity contribution in [2.45, 2.75) is 26.4 Å². The zero-order valence-electron chi connectivity index (χ0n) is 12.4. The molecule has 0 aliphatic carbocycles. The normalized spacial score (nSPS) is 11.2. The maximum absolute atomic E-state index is 4.62. The van der Waals surface area contributed by atoms with E-state index in [1.807, 2.05) is 12.4 Å². The van der Waals surface area contributed by atoms with Crippen molar-refractivity contribution in [3.8, 4) is 0 Å². The zero-order chi connectivity index (χ0) is 14.4. The molecule has 0 aliphatic heterocycles. The lowest BCUT2D eigenvalue weighted by molar-refractivity contribution is 0.401. The van der Waals surface area contributed by atoms with Gasteiger partial charge in [0.2, 0.25) is 0 Å². The van der Waals surface area contributed by atoms with Crippen LogP contribution in [0.4, 0.5) is 0 Å². The molecule has 0 aromatic carbocycles. The molecule has 0 radical (unpaired) electrons. The van der Waals surface area contributed by atoms with Gasteiger partial charge in [-0.05, 0) is 51.2 Å². The van der Waals surface area contributed by atoms with Crippen LogP contribution in [0.2, 0.25) is 0 Å². The summed E-state index contributed by atoms with van der Waals surface area (Å²) >= 11 is 1.73. The van der Waals surface area contributed by atoms with E-state index >= 15 is 0 Å². The SMILES string of the molecule is Cc1cnccc1CCNCc1csc(CN(C)C)n1. The van der Waals surface area contributed by atoms with Crippen LogP contribution in [0.5, 0.6) is 0 Å². The number of thiazole rings is 1. The number of rotatable bonds is 7. The molecule has 0 fully saturated rings. The molecule has 0 unspecified atom stereocenters. The van der Waals surface area contributed by atoms with Gasteiger partial charge in [-0.2, -0.15) is 0 Å². The van der Waals surface area contributed by atoms with Crippen LogP contribution in [0.1, 0.15) is 21.8 Å². The topological polar surface area (TPSA) is 41.1 Å². The van der Waals surface area contributed by atoms with Gasteiger partial charge in [0.15, 0.2) is 0 Å². The Labute approximate surface area is 124 Å². The Hall–Kier alpha value is -1.30. The Balaban J connectivity index is 1.73. The molecule has 4 nitrogen and oxygen atoms in total. The van der Waals surface area contributed by atoms with Crippen molar-refractivity contribution in [1.29, 1.82) is 0 Å². The van der Waals surface area contributed by atoms with E-state index in [0.29, 0.717) is 0 Å². The van der Waals surface area contributed by atoms with Crippen LogP contribution >= 0.6 is 11.3 Å². The van der Waals surface area contributed by atoms with Crippen LogP contribution in [-0.4, -0.2) is 35.5 Å². The third kappa shape index (κ3) is 4.67. The standard InChI is InChI=1S/C15H22N4S/c1-12-8-16-6-4-13(12)5-7-17-9-14-11-20-15(18-14)10-19(2)3/h4,6,8,11,17H,5,7,9-10H2,1-3H3. The third-order valence-electron chi connectivity index (χ3n) is 3.06. The Kier molecular flexibility index (Phi) is 5.64. The average Bonchev–Trinajstić information content (AvgIpc) is 2.83. The zero-order valence-corrected chi connectivity index (χ0v) is 13.2. The monoisotopic (exact) mass is 290 g/mol. The van der Waals surface area contributed by atoms with E-state index in [0.717, 1.165) is 31.7 Å². The van der Waals surface area contributed by atoms with E-state index in [1.54, 1.807) is 11.3 Å². The molecule has 2 aromatic rings. The van der Waals surface area contributed by atoms with E-state index < -0.39 is 0 Å². The van der Waals surface area contributed by atoms with Gasteiger partial charge in [0, 0.05) is 30.9 Å². The minimum absolute atomic E-state index is 0.841. The molecule has 0 atom stereocenters. The van der Waals surface area contributed by atoms with Crippen LogP contribution < -0.4 is 5.32 Å². The number of nitrogens with zero attached hydrogens (tertiary/aromatic N) is 3. The second-order valence-corrected chi connectivity index (χ2v) is 6.14. The molecular formula is C15H22N4S. The average molecular weight is 290 g/mol. The first-order chi connectivity index (χ1) is 9.65. The Morgan fingerprint density at radius 1 is 1.35 bits per heavy atom. The highest BCUT2D eigenvalue weighted by Crippen LogP contribution is 2.11. The van der Waals surface area contributed by atoms with E-state index in [4.69, 9.17) is 0 Å². The smallest absolute Gasteiger partial charge is 0.107 e. The molecule has 0 saturated carbocycles. The van der Waals surface area contributed by atoms with E-state index in [9.17, 15) is 0 Å². The van der Waals surface area contributed by atoms with Crippen molar-refractivity contribution in [2.24, 2.45) is 0 Å². The molecule has 0 amide bonds. The fraction of sp³-hybridized carbons (Fsp3) is 0.467. The van der Waals surface area contributed by atoms with Crippen LogP contribution in [0.3, 0.4) is 0 Å². The van der Waals surface area contributed by atoms with Crippen LogP contribution in [0.15, 0.2) is 23.8 Å². The minimum atomic E-state index is 0.841. The lowest BCUT2D eigenvalue weighted by Crippen LogP contribution is -2.17. The first-order valence-electron chi connectivity index (χ1n) is 6.83. The summed E-state index contributed by atoms with van der Waals surface area (Å²) in [6.45, 7) is 4.83. The quantitative estimate of drug-likeness (QED) is 0.794. The van der Waals surface area contributed by atoms with Gasteiger partial charge in [-0.3, -0.25) is 4.98 Å². The Bertz CT molecular complexity index is 536. The van der Waals surface area contributed by atoms with Crippen LogP contribution in [0.25, 0.3) is 0 Å². The van der Waals surface area contributed by atoms with Gasteiger partial charge in [-0.15, -0.1) is 11.3 Å². The second-order valence-electron chi connectivity index (χ2n) is 5.20. The third-order valence-corrected chi connectivity index (χ3v) is 3.95. The highest BCUT2D eigenvalue weighted by Gasteiger charge is 2.03. The van der Waals surface area contributed by atoms with E-state index in [2.05, 4.69) is 52.7 Å². The van der Waals surface area contributed by atoms with Crippen LogP contribution in [-0.2, 0) is 19.5 Å². The highest BCUT2D eigenvalue weighted by molar-refractivity contribution is 7.09. The molecule has 2 aromatic heterocycles. The molecule has 108 valence electrons. The lowest BCUT2D eigenvalue weighted by atomic mass is 10.1. The number of hydrogen-bond donors (Lipinski definition) is 1. The van der Waals surface area contributed by atoms with E-state index in [1.165, 1.54) is 16.1 Å². The number of nitrogens with one attached hydrogen (secondary N) is 1. The Morgan fingerprint density at radius 2 is 2.20 bits per heavy atom. The molecule has 0 saturated heterocycles. The summed E-state index contributed by atoms with van der Waals surface area (Å²) in [6.07, 6.45) is 4.81. The predicted molar refractivity (Wildman–Crippen MR) is 83.9 cm³/mol. The first-order valence-corrected chi connectivity index (χ1v) is 7.71.